The number of likely N-dealkylation sites (N-methyl/N-ethyl adjacent to an activating group) is 1. The zero-order chi connectivity index (χ0) is 23.7. The van der Waals surface area contributed by atoms with Crippen molar-refractivity contribution >= 4 is 23.0 Å². The summed E-state index contributed by atoms with van der Waals surface area (Å²) in [6.45, 7) is 2.57. The lowest BCUT2D eigenvalue weighted by molar-refractivity contribution is -0.129. The molecule has 1 aromatic heterocycles. The number of nitrogens with zero attached hydrogens (tertiary/aromatic N) is 3. The average molecular weight is 466 g/mol. The van der Waals surface area contributed by atoms with Crippen LogP contribution in [0.5, 0.6) is 0 Å². The number of ketones is 1. The molecule has 1 amide bonds. The van der Waals surface area contributed by atoms with Crippen LogP contribution in [0, 0.1) is 12.7 Å². The average Bonchev–Trinajstić information content (AvgIpc) is 3.31. The van der Waals surface area contributed by atoms with Crippen molar-refractivity contribution in [1.82, 2.24) is 14.8 Å². The molecule has 0 radical (unpaired) electrons. The van der Waals surface area contributed by atoms with Crippen LogP contribution in [0.2, 0.25) is 0 Å². The first-order chi connectivity index (χ1) is 15.8. The predicted octanol–water partition coefficient (Wildman–Crippen LogP) is 4.40. The Morgan fingerprint density at radius 1 is 1.15 bits per heavy atom. The first-order valence-electron chi connectivity index (χ1n) is 10.5. The summed E-state index contributed by atoms with van der Waals surface area (Å²) >= 11 is 1.23. The molecule has 1 N–H and O–H groups in total. The molecule has 6 nitrogen and oxygen atoms in total. The number of halogens is 1. The standard InChI is InChI=1S/C25H24FN3O3S/c1-15-23(33-24(27-15)17-7-5-4-6-8-17)21(30)19-20(16-9-11-18(26)12-10-16)29(14-13-28(2)3)25(32)22(19)31/h4-12,20,31H,13-14H2,1-3H3. The maximum Gasteiger partial charge on any atom is 0.290 e. The highest BCUT2D eigenvalue weighted by Gasteiger charge is 2.44. The molecule has 1 aliphatic rings. The Balaban J connectivity index is 1.77. The van der Waals surface area contributed by atoms with Gasteiger partial charge in [0.15, 0.2) is 5.76 Å². The van der Waals surface area contributed by atoms with Crippen molar-refractivity contribution in [3.05, 3.63) is 87.9 Å². The lowest BCUT2D eigenvalue weighted by atomic mass is 9.95. The van der Waals surface area contributed by atoms with E-state index in [0.29, 0.717) is 34.2 Å². The van der Waals surface area contributed by atoms with E-state index in [4.69, 9.17) is 0 Å². The Morgan fingerprint density at radius 2 is 1.82 bits per heavy atom. The first-order valence-corrected chi connectivity index (χ1v) is 11.3. The molecule has 2 heterocycles. The number of hydrogen-bond acceptors (Lipinski definition) is 6. The molecule has 33 heavy (non-hydrogen) atoms. The van der Waals surface area contributed by atoms with Crippen molar-refractivity contribution in [2.45, 2.75) is 13.0 Å². The third-order valence-corrected chi connectivity index (χ3v) is 6.75. The van der Waals surface area contributed by atoms with Gasteiger partial charge in [-0.05, 0) is 38.7 Å². The lowest BCUT2D eigenvalue weighted by Crippen LogP contribution is -2.36. The molecule has 1 atom stereocenters. The molecule has 0 saturated carbocycles. The number of amides is 1. The molecule has 0 spiro atoms. The maximum absolute atomic E-state index is 13.7. The normalized spacial score (nSPS) is 16.2. The number of aliphatic hydroxyl groups is 1. The number of Topliss-reactive ketones (excluding diaryl/α,β-unsaturated/α-hetero) is 1. The molecule has 0 bridgehead atoms. The number of hydrogen-bond donors (Lipinski definition) is 1. The number of thiazole rings is 1. The van der Waals surface area contributed by atoms with E-state index in [0.717, 1.165) is 5.56 Å². The zero-order valence-electron chi connectivity index (χ0n) is 18.6. The Morgan fingerprint density at radius 3 is 2.45 bits per heavy atom. The summed E-state index contributed by atoms with van der Waals surface area (Å²) in [5.74, 6) is -2.04. The Kier molecular flexibility index (Phi) is 6.40. The predicted molar refractivity (Wildman–Crippen MR) is 126 cm³/mol. The molecule has 1 aliphatic heterocycles. The van der Waals surface area contributed by atoms with E-state index in [9.17, 15) is 19.1 Å². The molecular weight excluding hydrogens is 441 g/mol. The van der Waals surface area contributed by atoms with Crippen LogP contribution in [0.3, 0.4) is 0 Å². The molecule has 1 unspecified atom stereocenters. The second-order valence-corrected chi connectivity index (χ2v) is 9.15. The second kappa shape index (κ2) is 9.25. The van der Waals surface area contributed by atoms with E-state index < -0.39 is 29.3 Å². The molecule has 4 rings (SSSR count). The lowest BCUT2D eigenvalue weighted by Gasteiger charge is -2.28. The fourth-order valence-electron chi connectivity index (χ4n) is 3.85. The third kappa shape index (κ3) is 4.44. The molecule has 2 aromatic carbocycles. The van der Waals surface area contributed by atoms with Crippen LogP contribution < -0.4 is 0 Å². The van der Waals surface area contributed by atoms with Crippen LogP contribution in [-0.2, 0) is 4.79 Å². The SMILES string of the molecule is Cc1nc(-c2ccccc2)sc1C(=O)C1=C(O)C(=O)N(CCN(C)C)C1c1ccc(F)cc1. The van der Waals surface area contributed by atoms with Crippen LogP contribution >= 0.6 is 11.3 Å². The smallest absolute Gasteiger partial charge is 0.290 e. The largest absolute Gasteiger partial charge is 0.503 e. The van der Waals surface area contributed by atoms with Gasteiger partial charge in [0.25, 0.3) is 5.91 Å². The minimum absolute atomic E-state index is 0.00303. The van der Waals surface area contributed by atoms with E-state index in [-0.39, 0.29) is 5.57 Å². The number of benzene rings is 2. The van der Waals surface area contributed by atoms with Crippen LogP contribution in [-0.4, -0.2) is 58.8 Å². The van der Waals surface area contributed by atoms with E-state index >= 15 is 0 Å². The van der Waals surface area contributed by atoms with Crippen molar-refractivity contribution in [2.24, 2.45) is 0 Å². The summed E-state index contributed by atoms with van der Waals surface area (Å²) in [6, 6.07) is 14.3. The van der Waals surface area contributed by atoms with Gasteiger partial charge in [0, 0.05) is 18.7 Å². The summed E-state index contributed by atoms with van der Waals surface area (Å²) in [6.07, 6.45) is 0. The number of rotatable bonds is 7. The maximum atomic E-state index is 13.7. The summed E-state index contributed by atoms with van der Waals surface area (Å²) in [5.41, 5.74) is 1.97. The van der Waals surface area contributed by atoms with Crippen LogP contribution in [0.4, 0.5) is 4.39 Å². The third-order valence-electron chi connectivity index (χ3n) is 5.55. The van der Waals surface area contributed by atoms with Crippen molar-refractivity contribution in [3.8, 4) is 10.6 Å². The molecule has 0 fully saturated rings. The molecule has 170 valence electrons. The fraction of sp³-hybridized carbons (Fsp3) is 0.240. The van der Waals surface area contributed by atoms with E-state index in [1.54, 1.807) is 6.92 Å². The molecular formula is C25H24FN3O3S. The fourth-order valence-corrected chi connectivity index (χ4v) is 4.88. The van der Waals surface area contributed by atoms with Crippen molar-refractivity contribution in [2.75, 3.05) is 27.2 Å². The van der Waals surface area contributed by atoms with Gasteiger partial charge in [-0.15, -0.1) is 11.3 Å². The number of aryl methyl sites for hydroxylation is 1. The topological polar surface area (TPSA) is 73.7 Å². The Bertz CT molecular complexity index is 1220. The second-order valence-electron chi connectivity index (χ2n) is 8.15. The van der Waals surface area contributed by atoms with Gasteiger partial charge in [-0.1, -0.05) is 42.5 Å². The summed E-state index contributed by atoms with van der Waals surface area (Å²) in [5, 5.41) is 11.5. The van der Waals surface area contributed by atoms with Gasteiger partial charge in [0.05, 0.1) is 22.2 Å². The monoisotopic (exact) mass is 465 g/mol. The van der Waals surface area contributed by atoms with Crippen LogP contribution in [0.1, 0.15) is 27.0 Å². The van der Waals surface area contributed by atoms with Crippen LogP contribution in [0.15, 0.2) is 65.9 Å². The number of carbonyl (C=O) groups excluding carboxylic acids is 2. The zero-order valence-corrected chi connectivity index (χ0v) is 19.4. The first kappa shape index (κ1) is 22.8. The number of aliphatic hydroxyl groups excluding tert-OH is 1. The van der Waals surface area contributed by atoms with Crippen LogP contribution in [0.25, 0.3) is 10.6 Å². The van der Waals surface area contributed by atoms with Gasteiger partial charge in [0.2, 0.25) is 5.78 Å². The van der Waals surface area contributed by atoms with Crippen molar-refractivity contribution in [1.29, 1.82) is 0 Å². The van der Waals surface area contributed by atoms with Crippen molar-refractivity contribution < 1.29 is 19.1 Å². The molecule has 8 heteroatoms. The highest BCUT2D eigenvalue weighted by Crippen LogP contribution is 2.40. The highest BCUT2D eigenvalue weighted by molar-refractivity contribution is 7.17. The van der Waals surface area contributed by atoms with Gasteiger partial charge < -0.3 is 14.9 Å². The molecule has 3 aromatic rings. The Hall–Kier alpha value is -3.36. The van der Waals surface area contributed by atoms with E-state index in [2.05, 4.69) is 4.98 Å². The highest BCUT2D eigenvalue weighted by atomic mass is 32.1. The van der Waals surface area contributed by atoms with Gasteiger partial charge in [-0.3, -0.25) is 9.59 Å². The summed E-state index contributed by atoms with van der Waals surface area (Å²) in [4.78, 5) is 35.0. The van der Waals surface area contributed by atoms with Gasteiger partial charge in [-0.2, -0.15) is 0 Å². The minimum Gasteiger partial charge on any atom is -0.503 e. The Labute approximate surface area is 195 Å². The van der Waals surface area contributed by atoms with E-state index in [1.807, 2.05) is 49.3 Å². The quantitative estimate of drug-likeness (QED) is 0.524. The summed E-state index contributed by atoms with van der Waals surface area (Å²) in [7, 11) is 3.75. The molecule has 0 saturated heterocycles. The summed E-state index contributed by atoms with van der Waals surface area (Å²) < 4.78 is 13.6. The molecule has 0 aliphatic carbocycles. The van der Waals surface area contributed by atoms with E-state index in [1.165, 1.54) is 40.5 Å². The van der Waals surface area contributed by atoms with Gasteiger partial charge in [-0.25, -0.2) is 9.37 Å². The minimum atomic E-state index is -0.813. The van der Waals surface area contributed by atoms with Gasteiger partial charge >= 0.3 is 0 Å². The number of aromatic nitrogens is 1. The number of carbonyl (C=O) groups is 2. The van der Waals surface area contributed by atoms with Crippen molar-refractivity contribution in [3.63, 3.8) is 0 Å². The van der Waals surface area contributed by atoms with Gasteiger partial charge in [0.1, 0.15) is 10.8 Å².